The number of hydrogen-bond donors (Lipinski definition) is 1. The van der Waals surface area contributed by atoms with Gasteiger partial charge in [-0.3, -0.25) is 4.79 Å². The van der Waals surface area contributed by atoms with E-state index in [1.165, 1.54) is 5.56 Å². The molecule has 1 amide bonds. The predicted molar refractivity (Wildman–Crippen MR) is 97.5 cm³/mol. The largest absolute Gasteiger partial charge is 0.493 e. The number of methoxy groups -OCH3 is 1. The lowest BCUT2D eigenvalue weighted by Gasteiger charge is -2.37. The normalized spacial score (nSPS) is 16.2. The molecule has 1 aromatic carbocycles. The molecule has 0 bridgehead atoms. The first-order valence-electron chi connectivity index (χ1n) is 8.36. The highest BCUT2D eigenvalue weighted by molar-refractivity contribution is 7.08. The molecule has 2 heterocycles. The number of benzene rings is 1. The highest BCUT2D eigenvalue weighted by Crippen LogP contribution is 2.35. The van der Waals surface area contributed by atoms with Gasteiger partial charge in [-0.15, -0.1) is 0 Å². The Morgan fingerprint density at radius 1 is 1.24 bits per heavy atom. The molecule has 1 aliphatic rings. The van der Waals surface area contributed by atoms with E-state index in [2.05, 4.69) is 22.1 Å². The molecule has 3 rings (SSSR count). The van der Waals surface area contributed by atoms with Crippen molar-refractivity contribution in [2.75, 3.05) is 33.5 Å². The van der Waals surface area contributed by atoms with Crippen LogP contribution in [0, 0.1) is 0 Å². The van der Waals surface area contributed by atoms with E-state index < -0.39 is 0 Å². The van der Waals surface area contributed by atoms with Crippen LogP contribution in [0.15, 0.2) is 41.1 Å². The molecule has 6 heteroatoms. The van der Waals surface area contributed by atoms with Crippen molar-refractivity contribution in [2.24, 2.45) is 0 Å². The number of para-hydroxylation sites is 2. The molecule has 0 saturated carbocycles. The molecule has 25 heavy (non-hydrogen) atoms. The minimum absolute atomic E-state index is 0.0312. The van der Waals surface area contributed by atoms with Crippen LogP contribution in [0.4, 0.5) is 0 Å². The van der Waals surface area contributed by atoms with E-state index in [0.717, 1.165) is 26.1 Å². The van der Waals surface area contributed by atoms with Gasteiger partial charge >= 0.3 is 0 Å². The van der Waals surface area contributed by atoms with E-state index in [1.807, 2.05) is 12.1 Å². The van der Waals surface area contributed by atoms with E-state index in [-0.39, 0.29) is 17.9 Å². The second-order valence-corrected chi connectivity index (χ2v) is 6.90. The van der Waals surface area contributed by atoms with Crippen LogP contribution in [0.1, 0.15) is 18.4 Å². The van der Waals surface area contributed by atoms with Gasteiger partial charge in [0.1, 0.15) is 0 Å². The average molecular weight is 361 g/mol. The summed E-state index contributed by atoms with van der Waals surface area (Å²) in [5.74, 6) is 1.06. The Hall–Kier alpha value is -2.05. The number of nitrogens with one attached hydrogen (secondary N) is 1. The summed E-state index contributed by atoms with van der Waals surface area (Å²) in [7, 11) is 1.58. The minimum Gasteiger partial charge on any atom is -0.493 e. The summed E-state index contributed by atoms with van der Waals surface area (Å²) in [6, 6.07) is 9.45. The number of amides is 1. The minimum atomic E-state index is -0.132. The van der Waals surface area contributed by atoms with Gasteiger partial charge in [0.15, 0.2) is 18.1 Å². The van der Waals surface area contributed by atoms with E-state index in [9.17, 15) is 4.79 Å². The van der Waals surface area contributed by atoms with Gasteiger partial charge in [0, 0.05) is 25.2 Å². The second-order valence-electron chi connectivity index (χ2n) is 6.12. The number of thiophene rings is 1. The maximum atomic E-state index is 12.3. The van der Waals surface area contributed by atoms with Crippen molar-refractivity contribution in [1.29, 1.82) is 0 Å². The third-order valence-electron chi connectivity index (χ3n) is 4.64. The lowest BCUT2D eigenvalue weighted by molar-refractivity contribution is -0.123. The van der Waals surface area contributed by atoms with Gasteiger partial charge in [-0.25, -0.2) is 0 Å². The summed E-state index contributed by atoms with van der Waals surface area (Å²) in [4.78, 5) is 12.3. The highest BCUT2D eigenvalue weighted by atomic mass is 32.1. The Balaban J connectivity index is 1.57. The summed E-state index contributed by atoms with van der Waals surface area (Å²) in [6.45, 7) is 2.02. The van der Waals surface area contributed by atoms with Crippen LogP contribution >= 0.6 is 11.3 Å². The van der Waals surface area contributed by atoms with E-state index >= 15 is 0 Å². The van der Waals surface area contributed by atoms with Crippen LogP contribution in [0.25, 0.3) is 0 Å². The van der Waals surface area contributed by atoms with Gasteiger partial charge in [0.05, 0.1) is 7.11 Å². The smallest absolute Gasteiger partial charge is 0.257 e. The quantitative estimate of drug-likeness (QED) is 0.824. The molecular weight excluding hydrogens is 338 g/mol. The predicted octanol–water partition coefficient (Wildman–Crippen LogP) is 3.00. The lowest BCUT2D eigenvalue weighted by Crippen LogP contribution is -2.45. The summed E-state index contributed by atoms with van der Waals surface area (Å²) in [5, 5.41) is 7.29. The van der Waals surface area contributed by atoms with Gasteiger partial charge in [-0.05, 0) is 47.4 Å². The Kier molecular flexibility index (Phi) is 5.94. The fourth-order valence-corrected chi connectivity index (χ4v) is 3.87. The Labute approximate surface area is 151 Å². The summed E-state index contributed by atoms with van der Waals surface area (Å²) >= 11 is 1.69. The molecule has 1 aliphatic heterocycles. The third-order valence-corrected chi connectivity index (χ3v) is 5.32. The first kappa shape index (κ1) is 17.8. The van der Waals surface area contributed by atoms with Crippen LogP contribution in [0.3, 0.4) is 0 Å². The standard InChI is InChI=1S/C19H23NO4S/c1-22-16-4-2-3-5-17(16)24-12-18(21)20-14-19(7-9-23-10-8-19)15-6-11-25-13-15/h2-6,11,13H,7-10,12,14H2,1H3,(H,20,21). The summed E-state index contributed by atoms with van der Waals surface area (Å²) in [5.41, 5.74) is 1.24. The van der Waals surface area contributed by atoms with Crippen molar-refractivity contribution in [2.45, 2.75) is 18.3 Å². The monoisotopic (exact) mass is 361 g/mol. The molecule has 0 radical (unpaired) electrons. The van der Waals surface area contributed by atoms with Crippen molar-refractivity contribution >= 4 is 17.2 Å². The van der Waals surface area contributed by atoms with Gasteiger partial charge < -0.3 is 19.5 Å². The molecule has 1 saturated heterocycles. The maximum absolute atomic E-state index is 12.3. The molecule has 0 atom stereocenters. The molecule has 5 nitrogen and oxygen atoms in total. The van der Waals surface area contributed by atoms with E-state index in [4.69, 9.17) is 14.2 Å². The fourth-order valence-electron chi connectivity index (χ4n) is 3.10. The summed E-state index contributed by atoms with van der Waals surface area (Å²) < 4.78 is 16.3. The zero-order valence-electron chi connectivity index (χ0n) is 14.3. The SMILES string of the molecule is COc1ccccc1OCC(=O)NCC1(c2ccsc2)CCOCC1. The number of rotatable bonds is 7. The van der Waals surface area contributed by atoms with Crippen molar-refractivity contribution in [3.05, 3.63) is 46.7 Å². The van der Waals surface area contributed by atoms with Crippen molar-refractivity contribution in [3.8, 4) is 11.5 Å². The first-order valence-corrected chi connectivity index (χ1v) is 9.31. The van der Waals surface area contributed by atoms with Crippen molar-refractivity contribution in [1.82, 2.24) is 5.32 Å². The molecule has 0 unspecified atom stereocenters. The van der Waals surface area contributed by atoms with E-state index in [0.29, 0.717) is 18.0 Å². The summed E-state index contributed by atoms with van der Waals surface area (Å²) in [6.07, 6.45) is 1.83. The number of hydrogen-bond acceptors (Lipinski definition) is 5. The lowest BCUT2D eigenvalue weighted by atomic mass is 9.75. The van der Waals surface area contributed by atoms with Crippen LogP contribution in [-0.4, -0.2) is 39.4 Å². The van der Waals surface area contributed by atoms with Gasteiger partial charge in [-0.1, -0.05) is 12.1 Å². The molecule has 1 fully saturated rings. The van der Waals surface area contributed by atoms with Crippen LogP contribution < -0.4 is 14.8 Å². The Bertz CT molecular complexity index is 680. The fraction of sp³-hybridized carbons (Fsp3) is 0.421. The topological polar surface area (TPSA) is 56.8 Å². The molecule has 1 N–H and O–H groups in total. The molecule has 0 spiro atoms. The van der Waals surface area contributed by atoms with Crippen LogP contribution in [0.2, 0.25) is 0 Å². The zero-order chi connectivity index (χ0) is 17.5. The number of ether oxygens (including phenoxy) is 3. The molecule has 1 aromatic heterocycles. The maximum Gasteiger partial charge on any atom is 0.257 e. The zero-order valence-corrected chi connectivity index (χ0v) is 15.1. The van der Waals surface area contributed by atoms with E-state index in [1.54, 1.807) is 30.6 Å². The molecule has 2 aromatic rings. The number of carbonyl (C=O) groups is 1. The first-order chi connectivity index (χ1) is 12.2. The van der Waals surface area contributed by atoms with Gasteiger partial charge in [0.2, 0.25) is 0 Å². The molecule has 0 aliphatic carbocycles. The van der Waals surface area contributed by atoms with Gasteiger partial charge in [-0.2, -0.15) is 11.3 Å². The Morgan fingerprint density at radius 3 is 2.68 bits per heavy atom. The van der Waals surface area contributed by atoms with Crippen LogP contribution in [-0.2, 0) is 14.9 Å². The van der Waals surface area contributed by atoms with Gasteiger partial charge in [0.25, 0.3) is 5.91 Å². The molecular formula is C19H23NO4S. The van der Waals surface area contributed by atoms with Crippen molar-refractivity contribution < 1.29 is 19.0 Å². The van der Waals surface area contributed by atoms with Crippen molar-refractivity contribution in [3.63, 3.8) is 0 Å². The second kappa shape index (κ2) is 8.36. The Morgan fingerprint density at radius 2 is 2.00 bits per heavy atom. The number of carbonyl (C=O) groups excluding carboxylic acids is 1. The highest BCUT2D eigenvalue weighted by Gasteiger charge is 2.35. The average Bonchev–Trinajstić information content (AvgIpc) is 3.21. The third kappa shape index (κ3) is 4.32. The van der Waals surface area contributed by atoms with Crippen LogP contribution in [0.5, 0.6) is 11.5 Å². The molecule has 134 valence electrons.